The predicted molar refractivity (Wildman–Crippen MR) is 83.4 cm³/mol. The first-order valence-electron chi connectivity index (χ1n) is 8.33. The molecule has 2 unspecified atom stereocenters. The van der Waals surface area contributed by atoms with Gasteiger partial charge >= 0.3 is 0 Å². The molecule has 1 saturated carbocycles. The molecule has 2 heteroatoms. The summed E-state index contributed by atoms with van der Waals surface area (Å²) in [5.41, 5.74) is 2.91. The Morgan fingerprint density at radius 2 is 2.25 bits per heavy atom. The van der Waals surface area contributed by atoms with E-state index in [1.54, 1.807) is 0 Å². The van der Waals surface area contributed by atoms with Gasteiger partial charge in [-0.1, -0.05) is 19.1 Å². The summed E-state index contributed by atoms with van der Waals surface area (Å²) < 4.78 is 5.57. The third kappa shape index (κ3) is 3.35. The minimum Gasteiger partial charge on any atom is -0.493 e. The van der Waals surface area contributed by atoms with Gasteiger partial charge in [0.1, 0.15) is 5.75 Å². The van der Waals surface area contributed by atoms with E-state index in [0.717, 1.165) is 30.7 Å². The van der Waals surface area contributed by atoms with Crippen molar-refractivity contribution in [2.45, 2.75) is 57.9 Å². The highest BCUT2D eigenvalue weighted by molar-refractivity contribution is 5.39. The third-order valence-electron chi connectivity index (χ3n) is 4.82. The van der Waals surface area contributed by atoms with Gasteiger partial charge < -0.3 is 10.1 Å². The van der Waals surface area contributed by atoms with E-state index in [1.807, 2.05) is 0 Å². The van der Waals surface area contributed by atoms with E-state index in [-0.39, 0.29) is 0 Å². The lowest BCUT2D eigenvalue weighted by Crippen LogP contribution is -2.27. The molecule has 2 nitrogen and oxygen atoms in total. The van der Waals surface area contributed by atoms with Crippen molar-refractivity contribution in [3.63, 3.8) is 0 Å². The highest BCUT2D eigenvalue weighted by Gasteiger charge is 2.23. The minimum atomic E-state index is 0.786. The molecule has 110 valence electrons. The van der Waals surface area contributed by atoms with E-state index in [1.165, 1.54) is 56.2 Å². The molecular weight excluding hydrogens is 246 g/mol. The Hall–Kier alpha value is -1.02. The first-order valence-corrected chi connectivity index (χ1v) is 8.33. The smallest absolute Gasteiger partial charge is 0.122 e. The highest BCUT2D eigenvalue weighted by Crippen LogP contribution is 2.31. The van der Waals surface area contributed by atoms with Crippen molar-refractivity contribution in [1.82, 2.24) is 5.32 Å². The van der Waals surface area contributed by atoms with Crippen LogP contribution < -0.4 is 10.1 Å². The summed E-state index contributed by atoms with van der Waals surface area (Å²) in [7, 11) is 0. The van der Waals surface area contributed by atoms with Crippen LogP contribution in [0.2, 0.25) is 0 Å². The average Bonchev–Trinajstić information content (AvgIpc) is 3.11. The molecule has 0 aromatic heterocycles. The number of aryl methyl sites for hydroxylation is 1. The summed E-state index contributed by atoms with van der Waals surface area (Å²) in [6.45, 7) is 4.30. The van der Waals surface area contributed by atoms with E-state index in [2.05, 4.69) is 30.4 Å². The number of hydrogen-bond donors (Lipinski definition) is 1. The fraction of sp³-hybridized carbons (Fsp3) is 0.667. The van der Waals surface area contributed by atoms with Crippen molar-refractivity contribution in [3.8, 4) is 5.75 Å². The van der Waals surface area contributed by atoms with Crippen LogP contribution in [0.5, 0.6) is 5.75 Å². The summed E-state index contributed by atoms with van der Waals surface area (Å²) in [6, 6.07) is 7.57. The van der Waals surface area contributed by atoms with Crippen LogP contribution in [0.1, 0.15) is 50.2 Å². The second kappa shape index (κ2) is 6.62. The standard InChI is InChI=1S/C18H27NO/c1-2-10-19-17-7-5-15(13-17)4-3-14-6-8-18-16(12-14)9-11-20-18/h6,8,12,15,17,19H,2-5,7,9-11,13H2,1H3. The van der Waals surface area contributed by atoms with E-state index >= 15 is 0 Å². The molecular formula is C18H27NO. The topological polar surface area (TPSA) is 21.3 Å². The van der Waals surface area contributed by atoms with E-state index < -0.39 is 0 Å². The third-order valence-corrected chi connectivity index (χ3v) is 4.82. The Morgan fingerprint density at radius 3 is 3.15 bits per heavy atom. The zero-order valence-corrected chi connectivity index (χ0v) is 12.7. The lowest BCUT2D eigenvalue weighted by atomic mass is 9.96. The van der Waals surface area contributed by atoms with Gasteiger partial charge in [-0.25, -0.2) is 0 Å². The summed E-state index contributed by atoms with van der Waals surface area (Å²) in [5, 5.41) is 3.68. The predicted octanol–water partition coefficient (Wildman–Crippen LogP) is 3.72. The number of rotatable bonds is 6. The lowest BCUT2D eigenvalue weighted by molar-refractivity contribution is 0.357. The van der Waals surface area contributed by atoms with Crippen LogP contribution in [0, 0.1) is 5.92 Å². The Morgan fingerprint density at radius 1 is 1.30 bits per heavy atom. The Bertz CT molecular complexity index is 443. The molecule has 2 atom stereocenters. The highest BCUT2D eigenvalue weighted by atomic mass is 16.5. The molecule has 0 radical (unpaired) electrons. The zero-order valence-electron chi connectivity index (χ0n) is 12.7. The van der Waals surface area contributed by atoms with E-state index in [0.29, 0.717) is 0 Å². The van der Waals surface area contributed by atoms with Crippen LogP contribution in [0.4, 0.5) is 0 Å². The largest absolute Gasteiger partial charge is 0.493 e. The molecule has 1 aromatic carbocycles. The molecule has 0 bridgehead atoms. The molecule has 0 amide bonds. The number of nitrogens with one attached hydrogen (secondary N) is 1. The molecule has 1 heterocycles. The van der Waals surface area contributed by atoms with Gasteiger partial charge in [-0.15, -0.1) is 0 Å². The first-order chi connectivity index (χ1) is 9.85. The van der Waals surface area contributed by atoms with Crippen molar-refractivity contribution < 1.29 is 4.74 Å². The molecule has 1 N–H and O–H groups in total. The second-order valence-corrected chi connectivity index (χ2v) is 6.41. The van der Waals surface area contributed by atoms with Crippen LogP contribution in [-0.2, 0) is 12.8 Å². The van der Waals surface area contributed by atoms with Crippen molar-refractivity contribution in [2.24, 2.45) is 5.92 Å². The molecule has 1 aliphatic carbocycles. The summed E-state index contributed by atoms with van der Waals surface area (Å²) >= 11 is 0. The monoisotopic (exact) mass is 273 g/mol. The van der Waals surface area contributed by atoms with Crippen molar-refractivity contribution in [2.75, 3.05) is 13.2 Å². The molecule has 3 rings (SSSR count). The summed E-state index contributed by atoms with van der Waals surface area (Å²) in [6.07, 6.45) is 9.10. The second-order valence-electron chi connectivity index (χ2n) is 6.41. The minimum absolute atomic E-state index is 0.786. The van der Waals surface area contributed by atoms with E-state index in [4.69, 9.17) is 4.74 Å². The number of fused-ring (bicyclic) bond motifs is 1. The van der Waals surface area contributed by atoms with Crippen LogP contribution in [0.15, 0.2) is 18.2 Å². The Labute approximate surface area is 122 Å². The van der Waals surface area contributed by atoms with Gasteiger partial charge in [-0.2, -0.15) is 0 Å². The van der Waals surface area contributed by atoms with Crippen LogP contribution in [0.3, 0.4) is 0 Å². The Kier molecular flexibility index (Phi) is 4.62. The van der Waals surface area contributed by atoms with Crippen LogP contribution >= 0.6 is 0 Å². The maximum atomic E-state index is 5.57. The van der Waals surface area contributed by atoms with Crippen molar-refractivity contribution >= 4 is 0 Å². The van der Waals surface area contributed by atoms with Gasteiger partial charge in [0.25, 0.3) is 0 Å². The molecule has 1 aliphatic heterocycles. The van der Waals surface area contributed by atoms with Crippen molar-refractivity contribution in [1.29, 1.82) is 0 Å². The summed E-state index contributed by atoms with van der Waals surface area (Å²) in [5.74, 6) is 2.03. The molecule has 20 heavy (non-hydrogen) atoms. The fourth-order valence-corrected chi connectivity index (χ4v) is 3.64. The molecule has 1 aromatic rings. The van der Waals surface area contributed by atoms with Crippen molar-refractivity contribution in [3.05, 3.63) is 29.3 Å². The maximum absolute atomic E-state index is 5.57. The number of benzene rings is 1. The molecule has 0 spiro atoms. The van der Waals surface area contributed by atoms with Gasteiger partial charge in [0.2, 0.25) is 0 Å². The maximum Gasteiger partial charge on any atom is 0.122 e. The Balaban J connectivity index is 1.46. The lowest BCUT2D eigenvalue weighted by Gasteiger charge is -2.13. The van der Waals surface area contributed by atoms with Gasteiger partial charge in [-0.3, -0.25) is 0 Å². The zero-order chi connectivity index (χ0) is 13.8. The van der Waals surface area contributed by atoms with Gasteiger partial charge in [0.05, 0.1) is 6.61 Å². The average molecular weight is 273 g/mol. The van der Waals surface area contributed by atoms with Gasteiger partial charge in [0.15, 0.2) is 0 Å². The quantitative estimate of drug-likeness (QED) is 0.853. The molecule has 2 aliphatic rings. The van der Waals surface area contributed by atoms with E-state index in [9.17, 15) is 0 Å². The number of hydrogen-bond acceptors (Lipinski definition) is 2. The van der Waals surface area contributed by atoms with Gasteiger partial charge in [0, 0.05) is 12.5 Å². The first kappa shape index (κ1) is 13.9. The van der Waals surface area contributed by atoms with Crippen LogP contribution in [0.25, 0.3) is 0 Å². The molecule has 1 fully saturated rings. The summed E-state index contributed by atoms with van der Waals surface area (Å²) in [4.78, 5) is 0. The van der Waals surface area contributed by atoms with Crippen LogP contribution in [-0.4, -0.2) is 19.2 Å². The molecule has 0 saturated heterocycles. The van der Waals surface area contributed by atoms with Gasteiger partial charge in [-0.05, 0) is 68.2 Å². The number of ether oxygens (including phenoxy) is 1. The normalized spacial score (nSPS) is 24.6. The SMILES string of the molecule is CCCNC1CCC(CCc2ccc3c(c2)CCO3)C1. The fourth-order valence-electron chi connectivity index (χ4n) is 3.64.